The summed E-state index contributed by atoms with van der Waals surface area (Å²) in [5.41, 5.74) is 0.965. The van der Waals surface area contributed by atoms with Gasteiger partial charge >= 0.3 is 0 Å². The van der Waals surface area contributed by atoms with E-state index in [1.165, 1.54) is 12.1 Å². The monoisotopic (exact) mass is 291 g/mol. The Morgan fingerprint density at radius 3 is 2.95 bits per heavy atom. The lowest BCUT2D eigenvalue weighted by molar-refractivity contribution is -0.123. The van der Waals surface area contributed by atoms with E-state index >= 15 is 0 Å². The van der Waals surface area contributed by atoms with Gasteiger partial charge in [0.25, 0.3) is 5.91 Å². The van der Waals surface area contributed by atoms with Crippen LogP contribution in [-0.4, -0.2) is 36.6 Å². The van der Waals surface area contributed by atoms with E-state index in [0.717, 1.165) is 19.3 Å². The van der Waals surface area contributed by atoms with E-state index < -0.39 is 0 Å². The van der Waals surface area contributed by atoms with Crippen LogP contribution in [0.25, 0.3) is 0 Å². The molecule has 1 aliphatic heterocycles. The first-order chi connectivity index (χ1) is 10.1. The van der Waals surface area contributed by atoms with Crippen molar-refractivity contribution < 1.29 is 19.4 Å². The number of nitrogens with zero attached hydrogens (tertiary/aromatic N) is 1. The molecule has 1 aromatic carbocycles. The number of hydrogen-bond donors (Lipinski definition) is 1. The number of carbonyl (C=O) groups is 2. The summed E-state index contributed by atoms with van der Waals surface area (Å²) in [6.45, 7) is 3.09. The number of phenols is 1. The number of unbranched alkanes of at least 4 members (excludes halogenated alkanes) is 2. The molecule has 1 aromatic rings. The fourth-order valence-electron chi connectivity index (χ4n) is 2.40. The fraction of sp³-hybridized carbons (Fsp3) is 0.500. The Balaban J connectivity index is 2.00. The van der Waals surface area contributed by atoms with Crippen molar-refractivity contribution in [1.82, 2.24) is 0 Å². The maximum absolute atomic E-state index is 12.2. The molecule has 0 aliphatic carbocycles. The van der Waals surface area contributed by atoms with Crippen molar-refractivity contribution in [3.8, 4) is 5.75 Å². The van der Waals surface area contributed by atoms with E-state index in [1.54, 1.807) is 11.0 Å². The number of carbonyl (C=O) groups excluding carboxylic acids is 2. The molecule has 1 aliphatic rings. The Morgan fingerprint density at radius 1 is 1.38 bits per heavy atom. The van der Waals surface area contributed by atoms with Crippen LogP contribution in [0.1, 0.15) is 43.0 Å². The van der Waals surface area contributed by atoms with Gasteiger partial charge in [0.1, 0.15) is 12.4 Å². The molecule has 0 fully saturated rings. The first-order valence-corrected chi connectivity index (χ1v) is 7.37. The van der Waals surface area contributed by atoms with Crippen molar-refractivity contribution in [1.29, 1.82) is 0 Å². The normalized spacial score (nSPS) is 14.1. The number of ether oxygens (including phenoxy) is 1. The van der Waals surface area contributed by atoms with E-state index in [0.29, 0.717) is 24.4 Å². The van der Waals surface area contributed by atoms with Crippen molar-refractivity contribution in [3.05, 3.63) is 23.8 Å². The second kappa shape index (κ2) is 7.22. The number of amides is 1. The van der Waals surface area contributed by atoms with Crippen LogP contribution < -0.4 is 4.90 Å². The lowest BCUT2D eigenvalue weighted by atomic mass is 10.00. The lowest BCUT2D eigenvalue weighted by Crippen LogP contribution is -2.39. The van der Waals surface area contributed by atoms with Crippen LogP contribution in [0.3, 0.4) is 0 Å². The Hall–Kier alpha value is -1.88. The van der Waals surface area contributed by atoms with Crippen LogP contribution in [0.2, 0.25) is 0 Å². The average Bonchev–Trinajstić information content (AvgIpc) is 2.48. The number of aromatic hydroxyl groups is 1. The Kier molecular flexibility index (Phi) is 5.33. The van der Waals surface area contributed by atoms with Gasteiger partial charge in [0, 0.05) is 25.1 Å². The fourth-order valence-corrected chi connectivity index (χ4v) is 2.40. The summed E-state index contributed by atoms with van der Waals surface area (Å²) in [4.78, 5) is 25.6. The standard InChI is InChI=1S/C16H21NO4/c1-2-3-4-9-21-11-16(20)17-8-7-15(19)13-10-12(18)5-6-14(13)17/h5-6,10,18H,2-4,7-9,11H2,1H3. The Bertz CT molecular complexity index is 527. The van der Waals surface area contributed by atoms with Gasteiger partial charge in [0.15, 0.2) is 5.78 Å². The van der Waals surface area contributed by atoms with Gasteiger partial charge in [-0.05, 0) is 24.6 Å². The Morgan fingerprint density at radius 2 is 2.19 bits per heavy atom. The van der Waals surface area contributed by atoms with Crippen LogP contribution in [-0.2, 0) is 9.53 Å². The van der Waals surface area contributed by atoms with Gasteiger partial charge in [-0.1, -0.05) is 19.8 Å². The third kappa shape index (κ3) is 3.82. The number of phenolic OH excluding ortho intramolecular Hbond substituents is 1. The van der Waals surface area contributed by atoms with Crippen LogP contribution in [0.4, 0.5) is 5.69 Å². The second-order valence-corrected chi connectivity index (χ2v) is 5.18. The predicted molar refractivity (Wildman–Crippen MR) is 79.8 cm³/mol. The second-order valence-electron chi connectivity index (χ2n) is 5.18. The van der Waals surface area contributed by atoms with Crippen molar-refractivity contribution in [3.63, 3.8) is 0 Å². The van der Waals surface area contributed by atoms with Crippen molar-refractivity contribution in [2.24, 2.45) is 0 Å². The first kappa shape index (κ1) is 15.5. The van der Waals surface area contributed by atoms with E-state index in [4.69, 9.17) is 4.74 Å². The number of Topliss-reactive ketones (excluding diaryl/α,β-unsaturated/α-hetero) is 1. The third-order valence-corrected chi connectivity index (χ3v) is 3.55. The predicted octanol–water partition coefficient (Wildman–Crippen LogP) is 2.52. The minimum atomic E-state index is -0.147. The Labute approximate surface area is 124 Å². The zero-order chi connectivity index (χ0) is 15.2. The quantitative estimate of drug-likeness (QED) is 0.818. The molecule has 1 heterocycles. The van der Waals surface area contributed by atoms with E-state index in [2.05, 4.69) is 6.92 Å². The van der Waals surface area contributed by atoms with E-state index in [9.17, 15) is 14.7 Å². The number of fused-ring (bicyclic) bond motifs is 1. The molecule has 0 saturated heterocycles. The molecule has 0 spiro atoms. The van der Waals surface area contributed by atoms with Crippen LogP contribution in [0.15, 0.2) is 18.2 Å². The number of rotatable bonds is 6. The van der Waals surface area contributed by atoms with Crippen molar-refractivity contribution in [2.45, 2.75) is 32.6 Å². The molecular formula is C16H21NO4. The van der Waals surface area contributed by atoms with Crippen LogP contribution in [0.5, 0.6) is 5.75 Å². The zero-order valence-electron chi connectivity index (χ0n) is 12.3. The summed E-state index contributed by atoms with van der Waals surface area (Å²) in [5.74, 6) is -0.160. The topological polar surface area (TPSA) is 66.8 Å². The van der Waals surface area contributed by atoms with Gasteiger partial charge in [-0.15, -0.1) is 0 Å². The van der Waals surface area contributed by atoms with Gasteiger partial charge in [-0.3, -0.25) is 9.59 Å². The molecule has 0 atom stereocenters. The molecule has 5 nitrogen and oxygen atoms in total. The number of hydrogen-bond acceptors (Lipinski definition) is 4. The molecular weight excluding hydrogens is 270 g/mol. The molecule has 1 amide bonds. The summed E-state index contributed by atoms with van der Waals surface area (Å²) in [5, 5.41) is 9.47. The summed E-state index contributed by atoms with van der Waals surface area (Å²) in [7, 11) is 0. The highest BCUT2D eigenvalue weighted by molar-refractivity contribution is 6.09. The minimum absolute atomic E-state index is 0.0260. The van der Waals surface area contributed by atoms with Crippen molar-refractivity contribution >= 4 is 17.4 Å². The smallest absolute Gasteiger partial charge is 0.253 e. The zero-order valence-corrected chi connectivity index (χ0v) is 12.3. The highest BCUT2D eigenvalue weighted by atomic mass is 16.5. The lowest BCUT2D eigenvalue weighted by Gasteiger charge is -2.28. The van der Waals surface area contributed by atoms with Gasteiger partial charge in [0.05, 0.1) is 5.69 Å². The van der Waals surface area contributed by atoms with Crippen molar-refractivity contribution in [2.75, 3.05) is 24.7 Å². The maximum Gasteiger partial charge on any atom is 0.253 e. The van der Waals surface area contributed by atoms with Gasteiger partial charge in [-0.2, -0.15) is 0 Å². The molecule has 114 valence electrons. The molecule has 1 N–H and O–H groups in total. The maximum atomic E-state index is 12.2. The highest BCUT2D eigenvalue weighted by Crippen LogP contribution is 2.30. The molecule has 0 radical (unpaired) electrons. The molecule has 0 aromatic heterocycles. The SMILES string of the molecule is CCCCCOCC(=O)N1CCC(=O)c2cc(O)ccc21. The summed E-state index contributed by atoms with van der Waals surface area (Å²) in [6.07, 6.45) is 3.43. The molecule has 0 unspecified atom stereocenters. The van der Waals surface area contributed by atoms with E-state index in [-0.39, 0.29) is 30.5 Å². The highest BCUT2D eigenvalue weighted by Gasteiger charge is 2.27. The minimum Gasteiger partial charge on any atom is -0.508 e. The van der Waals surface area contributed by atoms with Gasteiger partial charge in [0.2, 0.25) is 0 Å². The first-order valence-electron chi connectivity index (χ1n) is 7.37. The van der Waals surface area contributed by atoms with E-state index in [1.807, 2.05) is 0 Å². The third-order valence-electron chi connectivity index (χ3n) is 3.55. The summed E-state index contributed by atoms with van der Waals surface area (Å²) < 4.78 is 5.39. The molecule has 21 heavy (non-hydrogen) atoms. The van der Waals surface area contributed by atoms with Crippen LogP contribution >= 0.6 is 0 Å². The number of ketones is 1. The number of anilines is 1. The summed E-state index contributed by atoms with van der Waals surface area (Å²) in [6, 6.07) is 4.51. The van der Waals surface area contributed by atoms with Crippen LogP contribution in [0, 0.1) is 0 Å². The molecule has 2 rings (SSSR count). The van der Waals surface area contributed by atoms with Gasteiger partial charge < -0.3 is 14.7 Å². The number of benzene rings is 1. The molecule has 5 heteroatoms. The van der Waals surface area contributed by atoms with Gasteiger partial charge in [-0.25, -0.2) is 0 Å². The largest absolute Gasteiger partial charge is 0.508 e. The summed E-state index contributed by atoms with van der Waals surface area (Å²) >= 11 is 0. The average molecular weight is 291 g/mol. The molecule has 0 bridgehead atoms. The molecule has 0 saturated carbocycles.